The molecule has 0 aliphatic carbocycles. The lowest BCUT2D eigenvalue weighted by atomic mass is 10.0. The van der Waals surface area contributed by atoms with E-state index in [1.165, 1.54) is 10.1 Å². The quantitative estimate of drug-likeness (QED) is 0.369. The zero-order valence-corrected chi connectivity index (χ0v) is 21.9. The number of piperidine rings is 1. The van der Waals surface area contributed by atoms with E-state index in [2.05, 4.69) is 39.0 Å². The van der Waals surface area contributed by atoms with E-state index in [0.29, 0.717) is 16.8 Å². The van der Waals surface area contributed by atoms with Crippen molar-refractivity contribution in [1.82, 2.24) is 18.6 Å². The number of sulfonamides is 1. The summed E-state index contributed by atoms with van der Waals surface area (Å²) in [5.41, 5.74) is 0.720. The smallest absolute Gasteiger partial charge is 0.243 e. The van der Waals surface area contributed by atoms with Crippen molar-refractivity contribution < 1.29 is 8.42 Å². The summed E-state index contributed by atoms with van der Waals surface area (Å²) in [7, 11) is -3.59. The molecule has 2 aromatic carbocycles. The Morgan fingerprint density at radius 3 is 2.61 bits per heavy atom. The maximum Gasteiger partial charge on any atom is 0.243 e. The van der Waals surface area contributed by atoms with Crippen LogP contribution in [0.25, 0.3) is 21.0 Å². The fourth-order valence-corrected chi connectivity index (χ4v) is 8.34. The van der Waals surface area contributed by atoms with Gasteiger partial charge in [0.2, 0.25) is 10.0 Å². The highest BCUT2D eigenvalue weighted by molar-refractivity contribution is 7.89. The summed E-state index contributed by atoms with van der Waals surface area (Å²) in [5, 5.41) is 1.94. The van der Waals surface area contributed by atoms with Crippen LogP contribution in [0.3, 0.4) is 0 Å². The molecule has 36 heavy (non-hydrogen) atoms. The molecule has 2 aliphatic rings. The first-order valence-corrected chi connectivity index (χ1v) is 15.0. The van der Waals surface area contributed by atoms with Crippen LogP contribution in [0.5, 0.6) is 0 Å². The van der Waals surface area contributed by atoms with Gasteiger partial charge in [0.15, 0.2) is 0 Å². The van der Waals surface area contributed by atoms with E-state index in [0.717, 1.165) is 69.7 Å². The van der Waals surface area contributed by atoms with Gasteiger partial charge >= 0.3 is 0 Å². The van der Waals surface area contributed by atoms with Gasteiger partial charge in [0, 0.05) is 55.7 Å². The molecule has 188 valence electrons. The lowest BCUT2D eigenvalue weighted by Gasteiger charge is -2.38. The zero-order valence-electron chi connectivity index (χ0n) is 20.3. The van der Waals surface area contributed by atoms with Gasteiger partial charge in [-0.1, -0.05) is 24.6 Å². The Morgan fingerprint density at radius 1 is 0.889 bits per heavy atom. The largest absolute Gasteiger partial charge is 0.353 e. The summed E-state index contributed by atoms with van der Waals surface area (Å²) >= 11 is 1.57. The average molecular weight is 522 g/mol. The molecule has 7 nitrogen and oxygen atoms in total. The van der Waals surface area contributed by atoms with Crippen LogP contribution in [0.2, 0.25) is 0 Å². The minimum atomic E-state index is -3.59. The first kappa shape index (κ1) is 23.8. The fourth-order valence-electron chi connectivity index (χ4n) is 5.62. The molecule has 0 radical (unpaired) electrons. The zero-order chi connectivity index (χ0) is 24.5. The maximum atomic E-state index is 13.8. The number of aromatic nitrogens is 2. The molecular formula is C27H31N5O2S2. The molecular weight excluding hydrogens is 490 g/mol. The first-order chi connectivity index (χ1) is 17.6. The molecule has 0 saturated carbocycles. The van der Waals surface area contributed by atoms with Crippen molar-refractivity contribution in [2.45, 2.75) is 36.6 Å². The van der Waals surface area contributed by atoms with Crippen LogP contribution >= 0.6 is 11.5 Å². The summed E-state index contributed by atoms with van der Waals surface area (Å²) in [4.78, 5) is 9.61. The summed E-state index contributed by atoms with van der Waals surface area (Å²) in [6.07, 6.45) is 5.49. The number of benzene rings is 2. The fraction of sp³-hybridized carbons (Fsp3) is 0.407. The van der Waals surface area contributed by atoms with Crippen LogP contribution in [-0.2, 0) is 10.0 Å². The number of hydrogen-bond acceptors (Lipinski definition) is 7. The van der Waals surface area contributed by atoms with E-state index in [4.69, 9.17) is 4.37 Å². The van der Waals surface area contributed by atoms with E-state index in [9.17, 15) is 8.42 Å². The van der Waals surface area contributed by atoms with Crippen molar-refractivity contribution in [3.63, 3.8) is 0 Å². The molecule has 0 amide bonds. The Bertz CT molecular complexity index is 1460. The van der Waals surface area contributed by atoms with Crippen molar-refractivity contribution in [3.8, 4) is 0 Å². The highest BCUT2D eigenvalue weighted by Gasteiger charge is 2.34. The van der Waals surface area contributed by atoms with Gasteiger partial charge < -0.3 is 4.90 Å². The molecule has 2 aliphatic heterocycles. The van der Waals surface area contributed by atoms with Crippen LogP contribution in [0.4, 0.5) is 5.82 Å². The van der Waals surface area contributed by atoms with E-state index in [-0.39, 0.29) is 6.04 Å². The predicted octanol–water partition coefficient (Wildman–Crippen LogP) is 4.60. The molecule has 4 heterocycles. The van der Waals surface area contributed by atoms with Gasteiger partial charge in [0.1, 0.15) is 5.82 Å². The third kappa shape index (κ3) is 4.49. The van der Waals surface area contributed by atoms with Crippen LogP contribution in [-0.4, -0.2) is 72.3 Å². The summed E-state index contributed by atoms with van der Waals surface area (Å²) < 4.78 is 35.4. The second-order valence-electron chi connectivity index (χ2n) is 9.71. The van der Waals surface area contributed by atoms with Gasteiger partial charge in [0.05, 0.1) is 15.1 Å². The first-order valence-electron chi connectivity index (χ1n) is 12.8. The Hall–Kier alpha value is -2.59. The number of fused-ring (bicyclic) bond motifs is 2. The van der Waals surface area contributed by atoms with Gasteiger partial charge in [-0.05, 0) is 73.7 Å². The lowest BCUT2D eigenvalue weighted by Crippen LogP contribution is -2.49. The van der Waals surface area contributed by atoms with Crippen LogP contribution in [0.15, 0.2) is 65.7 Å². The molecule has 2 fully saturated rings. The molecule has 2 saturated heterocycles. The molecule has 0 N–H and O–H groups in total. The van der Waals surface area contributed by atoms with Gasteiger partial charge in [-0.25, -0.2) is 8.42 Å². The average Bonchev–Trinajstić information content (AvgIpc) is 3.36. The standard InChI is InChI=1S/C27H31N5O2S2/c33-36(34,26-12-5-10-24-22(26)9-6-14-28-24)32-15-4-3-7-21(32)13-16-30-17-19-31(20-18-30)27-23-8-1-2-11-25(23)35-29-27/h1-2,5-6,8-12,14,21H,3-4,7,13,15-20H2/t21-/m0/s1. The van der Waals surface area contributed by atoms with Gasteiger partial charge in [0.25, 0.3) is 0 Å². The topological polar surface area (TPSA) is 69.6 Å². The van der Waals surface area contributed by atoms with E-state index < -0.39 is 10.0 Å². The van der Waals surface area contributed by atoms with Crippen molar-refractivity contribution in [1.29, 1.82) is 0 Å². The second-order valence-corrected chi connectivity index (χ2v) is 12.4. The molecule has 9 heteroatoms. The lowest BCUT2D eigenvalue weighted by molar-refractivity contribution is 0.193. The molecule has 6 rings (SSSR count). The third-order valence-electron chi connectivity index (χ3n) is 7.57. The SMILES string of the molecule is O=S(=O)(c1cccc2ncccc12)N1CCCC[C@H]1CCN1CCN(c2nsc3ccccc23)CC1. The highest BCUT2D eigenvalue weighted by Crippen LogP contribution is 2.32. The number of piperazine rings is 1. The summed E-state index contributed by atoms with van der Waals surface area (Å²) in [6.45, 7) is 5.35. The molecule has 0 unspecified atom stereocenters. The van der Waals surface area contributed by atoms with Crippen molar-refractivity contribution in [2.75, 3.05) is 44.2 Å². The normalized spacial score (nSPS) is 20.3. The summed E-state index contributed by atoms with van der Waals surface area (Å²) in [5.74, 6) is 1.10. The monoisotopic (exact) mass is 521 g/mol. The Kier molecular flexibility index (Phi) is 6.64. The maximum absolute atomic E-state index is 13.8. The van der Waals surface area contributed by atoms with E-state index >= 15 is 0 Å². The van der Waals surface area contributed by atoms with E-state index in [1.807, 2.05) is 18.2 Å². The molecule has 1 atom stereocenters. The Labute approximate surface area is 216 Å². The molecule has 4 aromatic rings. The van der Waals surface area contributed by atoms with Crippen LogP contribution in [0, 0.1) is 0 Å². The van der Waals surface area contributed by atoms with Crippen molar-refractivity contribution >= 4 is 48.4 Å². The van der Waals surface area contributed by atoms with Crippen LogP contribution < -0.4 is 4.90 Å². The van der Waals surface area contributed by atoms with Gasteiger partial charge in [-0.2, -0.15) is 8.68 Å². The predicted molar refractivity (Wildman–Crippen MR) is 146 cm³/mol. The minimum absolute atomic E-state index is 0.0381. The Morgan fingerprint density at radius 2 is 1.72 bits per heavy atom. The van der Waals surface area contributed by atoms with Crippen LogP contribution in [0.1, 0.15) is 25.7 Å². The molecule has 0 spiro atoms. The number of pyridine rings is 1. The minimum Gasteiger partial charge on any atom is -0.353 e. The van der Waals surface area contributed by atoms with Gasteiger partial charge in [-0.3, -0.25) is 9.88 Å². The second kappa shape index (κ2) is 10.0. The molecule has 0 bridgehead atoms. The Balaban J connectivity index is 1.12. The number of hydrogen-bond donors (Lipinski definition) is 0. The third-order valence-corrected chi connectivity index (χ3v) is 10.4. The van der Waals surface area contributed by atoms with Crippen molar-refractivity contribution in [2.24, 2.45) is 0 Å². The number of anilines is 1. The van der Waals surface area contributed by atoms with Crippen molar-refractivity contribution in [3.05, 3.63) is 60.8 Å². The highest BCUT2D eigenvalue weighted by atomic mass is 32.2. The van der Waals surface area contributed by atoms with Gasteiger partial charge in [-0.15, -0.1) is 0 Å². The summed E-state index contributed by atoms with van der Waals surface area (Å²) in [6, 6.07) is 17.5. The van der Waals surface area contributed by atoms with E-state index in [1.54, 1.807) is 34.2 Å². The number of nitrogens with zero attached hydrogens (tertiary/aromatic N) is 5. The number of rotatable bonds is 6. The molecule has 2 aromatic heterocycles.